The summed E-state index contributed by atoms with van der Waals surface area (Å²) < 4.78 is 5.54. The largest absolute Gasteiger partial charge is 0.480 e. The molecule has 5 heteroatoms. The number of nitrogens with one attached hydrogen (secondary N) is 1. The SMILES string of the molecule is CC(C)(C)OCCC(NC(=O)c1ccc(C(C)(C)C)cc1)C(=O)O. The zero-order valence-corrected chi connectivity index (χ0v) is 15.5. The molecular weight excluding hydrogens is 306 g/mol. The molecule has 0 aliphatic carbocycles. The van der Waals surface area contributed by atoms with Crippen molar-refractivity contribution in [1.29, 1.82) is 0 Å². The first-order chi connectivity index (χ1) is 10.9. The highest BCUT2D eigenvalue weighted by Crippen LogP contribution is 2.22. The van der Waals surface area contributed by atoms with Crippen molar-refractivity contribution in [2.24, 2.45) is 0 Å². The van der Waals surface area contributed by atoms with Crippen LogP contribution in [0.15, 0.2) is 24.3 Å². The summed E-state index contributed by atoms with van der Waals surface area (Å²) in [6, 6.07) is 6.27. The second kappa shape index (κ2) is 7.79. The van der Waals surface area contributed by atoms with Crippen molar-refractivity contribution in [2.45, 2.75) is 65.0 Å². The third kappa shape index (κ3) is 6.71. The Morgan fingerprint density at radius 3 is 2.04 bits per heavy atom. The number of aliphatic carboxylic acids is 1. The average Bonchev–Trinajstić information content (AvgIpc) is 2.43. The maximum Gasteiger partial charge on any atom is 0.326 e. The quantitative estimate of drug-likeness (QED) is 0.836. The summed E-state index contributed by atoms with van der Waals surface area (Å²) in [5.74, 6) is -1.45. The predicted molar refractivity (Wildman–Crippen MR) is 94.4 cm³/mol. The molecule has 1 atom stereocenters. The standard InChI is InChI=1S/C19H29NO4/c1-18(2,3)14-9-7-13(8-10-14)16(21)20-15(17(22)23)11-12-24-19(4,5)6/h7-10,15H,11-12H2,1-6H3,(H,20,21)(H,22,23). The fourth-order valence-electron chi connectivity index (χ4n) is 2.10. The van der Waals surface area contributed by atoms with Crippen LogP contribution >= 0.6 is 0 Å². The number of carboxylic acid groups (broad SMARTS) is 1. The number of carbonyl (C=O) groups is 2. The van der Waals surface area contributed by atoms with Crippen molar-refractivity contribution >= 4 is 11.9 Å². The Bertz CT molecular complexity index is 565. The van der Waals surface area contributed by atoms with E-state index in [-0.39, 0.29) is 24.0 Å². The number of amides is 1. The molecule has 0 saturated heterocycles. The van der Waals surface area contributed by atoms with E-state index in [1.165, 1.54) is 0 Å². The number of rotatable bonds is 6. The van der Waals surface area contributed by atoms with Crippen LogP contribution in [0.3, 0.4) is 0 Å². The molecule has 1 rings (SSSR count). The minimum atomic E-state index is -1.06. The number of hydrogen-bond donors (Lipinski definition) is 2. The Morgan fingerprint density at radius 2 is 1.62 bits per heavy atom. The summed E-state index contributed by atoms with van der Waals surface area (Å²) in [6.45, 7) is 12.3. The fourth-order valence-corrected chi connectivity index (χ4v) is 2.10. The van der Waals surface area contributed by atoms with Gasteiger partial charge in [-0.05, 0) is 43.9 Å². The van der Waals surface area contributed by atoms with E-state index >= 15 is 0 Å². The molecular formula is C19H29NO4. The number of carboxylic acids is 1. The average molecular weight is 335 g/mol. The van der Waals surface area contributed by atoms with Gasteiger partial charge in [-0.1, -0.05) is 32.9 Å². The van der Waals surface area contributed by atoms with Gasteiger partial charge in [0.2, 0.25) is 0 Å². The van der Waals surface area contributed by atoms with Gasteiger partial charge in [0.15, 0.2) is 0 Å². The van der Waals surface area contributed by atoms with Crippen molar-refractivity contribution < 1.29 is 19.4 Å². The maximum absolute atomic E-state index is 12.3. The number of carbonyl (C=O) groups excluding carboxylic acids is 1. The molecule has 1 unspecified atom stereocenters. The van der Waals surface area contributed by atoms with Crippen LogP contribution in [0, 0.1) is 0 Å². The third-order valence-electron chi connectivity index (χ3n) is 3.56. The second-order valence-corrected chi connectivity index (χ2v) is 7.94. The lowest BCUT2D eigenvalue weighted by atomic mass is 9.86. The molecule has 1 aromatic rings. The van der Waals surface area contributed by atoms with Crippen molar-refractivity contribution in [3.63, 3.8) is 0 Å². The fraction of sp³-hybridized carbons (Fsp3) is 0.579. The van der Waals surface area contributed by atoms with Crippen LogP contribution < -0.4 is 5.32 Å². The molecule has 0 aliphatic heterocycles. The third-order valence-corrected chi connectivity index (χ3v) is 3.56. The Hall–Kier alpha value is -1.88. The monoisotopic (exact) mass is 335 g/mol. The molecule has 2 N–H and O–H groups in total. The van der Waals surface area contributed by atoms with Gasteiger partial charge in [-0.3, -0.25) is 4.79 Å². The molecule has 0 aliphatic rings. The second-order valence-electron chi connectivity index (χ2n) is 7.94. The number of ether oxygens (including phenoxy) is 1. The van der Waals surface area contributed by atoms with Crippen LogP contribution in [0.25, 0.3) is 0 Å². The molecule has 5 nitrogen and oxygen atoms in total. The minimum absolute atomic E-state index is 0.00288. The van der Waals surface area contributed by atoms with E-state index in [2.05, 4.69) is 26.1 Å². The van der Waals surface area contributed by atoms with Crippen molar-refractivity contribution in [3.05, 3.63) is 35.4 Å². The molecule has 0 radical (unpaired) electrons. The summed E-state index contributed by atoms with van der Waals surface area (Å²) in [5.41, 5.74) is 1.23. The lowest BCUT2D eigenvalue weighted by Gasteiger charge is -2.22. The summed E-state index contributed by atoms with van der Waals surface area (Å²) in [7, 11) is 0. The van der Waals surface area contributed by atoms with E-state index in [1.54, 1.807) is 12.1 Å². The summed E-state index contributed by atoms with van der Waals surface area (Å²) in [4.78, 5) is 23.6. The van der Waals surface area contributed by atoms with Gasteiger partial charge in [0, 0.05) is 18.6 Å². The van der Waals surface area contributed by atoms with Gasteiger partial charge >= 0.3 is 5.97 Å². The first kappa shape index (κ1) is 20.2. The van der Waals surface area contributed by atoms with E-state index < -0.39 is 17.9 Å². The van der Waals surface area contributed by atoms with Gasteiger partial charge in [0.25, 0.3) is 5.91 Å². The molecule has 0 heterocycles. The highest BCUT2D eigenvalue weighted by atomic mass is 16.5. The number of hydrogen-bond acceptors (Lipinski definition) is 3. The lowest BCUT2D eigenvalue weighted by Crippen LogP contribution is -2.42. The van der Waals surface area contributed by atoms with Crippen LogP contribution in [0.5, 0.6) is 0 Å². The van der Waals surface area contributed by atoms with E-state index in [9.17, 15) is 14.7 Å². The van der Waals surface area contributed by atoms with Crippen LogP contribution in [0.4, 0.5) is 0 Å². The van der Waals surface area contributed by atoms with Gasteiger partial charge in [-0.25, -0.2) is 4.79 Å². The molecule has 1 amide bonds. The summed E-state index contributed by atoms with van der Waals surface area (Å²) >= 11 is 0. The molecule has 0 saturated carbocycles. The molecule has 0 fully saturated rings. The smallest absolute Gasteiger partial charge is 0.326 e. The van der Waals surface area contributed by atoms with Gasteiger partial charge in [0.05, 0.1) is 5.60 Å². The Kier molecular flexibility index (Phi) is 6.55. The molecule has 24 heavy (non-hydrogen) atoms. The molecule has 0 bridgehead atoms. The van der Waals surface area contributed by atoms with Crippen molar-refractivity contribution in [2.75, 3.05) is 6.61 Å². The van der Waals surface area contributed by atoms with Crippen LogP contribution in [-0.4, -0.2) is 35.2 Å². The highest BCUT2D eigenvalue weighted by molar-refractivity contribution is 5.96. The van der Waals surface area contributed by atoms with Crippen LogP contribution in [0.1, 0.15) is 63.9 Å². The predicted octanol–water partition coefficient (Wildman–Crippen LogP) is 3.37. The summed E-state index contributed by atoms with van der Waals surface area (Å²) in [5, 5.41) is 11.8. The minimum Gasteiger partial charge on any atom is -0.480 e. The number of benzene rings is 1. The maximum atomic E-state index is 12.3. The van der Waals surface area contributed by atoms with E-state index in [0.717, 1.165) is 5.56 Å². The highest BCUT2D eigenvalue weighted by Gasteiger charge is 2.22. The Morgan fingerprint density at radius 1 is 1.08 bits per heavy atom. The molecule has 134 valence electrons. The van der Waals surface area contributed by atoms with Gasteiger partial charge in [0.1, 0.15) is 6.04 Å². The van der Waals surface area contributed by atoms with Crippen LogP contribution in [0.2, 0.25) is 0 Å². The first-order valence-electron chi connectivity index (χ1n) is 8.18. The Balaban J connectivity index is 2.70. The normalized spacial score (nSPS) is 13.4. The van der Waals surface area contributed by atoms with Crippen molar-refractivity contribution in [3.8, 4) is 0 Å². The van der Waals surface area contributed by atoms with E-state index in [4.69, 9.17) is 4.74 Å². The molecule has 0 aromatic heterocycles. The van der Waals surface area contributed by atoms with Gasteiger partial charge < -0.3 is 15.2 Å². The van der Waals surface area contributed by atoms with E-state index in [0.29, 0.717) is 5.56 Å². The molecule has 1 aromatic carbocycles. The van der Waals surface area contributed by atoms with Crippen molar-refractivity contribution in [1.82, 2.24) is 5.32 Å². The topological polar surface area (TPSA) is 75.6 Å². The van der Waals surface area contributed by atoms with Gasteiger partial charge in [-0.15, -0.1) is 0 Å². The summed E-state index contributed by atoms with van der Waals surface area (Å²) in [6.07, 6.45) is 0.221. The first-order valence-corrected chi connectivity index (χ1v) is 8.18. The zero-order valence-electron chi connectivity index (χ0n) is 15.5. The van der Waals surface area contributed by atoms with Gasteiger partial charge in [-0.2, -0.15) is 0 Å². The Labute approximate surface area is 144 Å². The molecule has 0 spiro atoms. The lowest BCUT2D eigenvalue weighted by molar-refractivity contribution is -0.140. The van der Waals surface area contributed by atoms with E-state index in [1.807, 2.05) is 32.9 Å². The zero-order chi connectivity index (χ0) is 18.5. The van der Waals surface area contributed by atoms with Crippen LogP contribution in [-0.2, 0) is 14.9 Å².